The number of alkyl halides is 3. The highest BCUT2D eigenvalue weighted by atomic mass is 32.2. The molecule has 1 heterocycles. The summed E-state index contributed by atoms with van der Waals surface area (Å²) >= 11 is 0. The van der Waals surface area contributed by atoms with Crippen LogP contribution in [-0.2, 0) is 17.1 Å². The maximum absolute atomic E-state index is 12.8. The van der Waals surface area contributed by atoms with E-state index in [1.807, 2.05) is 48.5 Å². The van der Waals surface area contributed by atoms with Crippen molar-refractivity contribution in [2.75, 3.05) is 5.32 Å². The second-order valence-electron chi connectivity index (χ2n) is 5.45. The molecule has 3 aromatic carbocycles. The smallest absolute Gasteiger partial charge is 0.347 e. The quantitative estimate of drug-likeness (QED) is 0.427. The standard InChI is InChI=1S/C19H13F3NS/c20-19(21,22)13-9-11-14(12-10-13)24-17-7-3-1-5-15(17)23-16-6-2-4-8-18(16)24/h1-12,23H/q+1. The molecule has 24 heavy (non-hydrogen) atoms. The normalized spacial score (nSPS) is 13.8. The fraction of sp³-hybridized carbons (Fsp3) is 0.0526. The first-order chi connectivity index (χ1) is 11.5. The molecule has 0 saturated carbocycles. The summed E-state index contributed by atoms with van der Waals surface area (Å²) in [5, 5.41) is 3.40. The van der Waals surface area contributed by atoms with E-state index in [1.54, 1.807) is 12.1 Å². The number of rotatable bonds is 1. The second-order valence-corrected chi connectivity index (χ2v) is 7.41. The lowest BCUT2D eigenvalue weighted by Gasteiger charge is -2.20. The molecule has 0 spiro atoms. The SMILES string of the molecule is FC(F)(F)c1ccc([S+]2c3ccccc3Nc3ccccc32)cc1. The summed E-state index contributed by atoms with van der Waals surface area (Å²) in [5.41, 5.74) is 1.38. The van der Waals surface area contributed by atoms with Crippen molar-refractivity contribution in [1.29, 1.82) is 0 Å². The Morgan fingerprint density at radius 1 is 0.667 bits per heavy atom. The Kier molecular flexibility index (Phi) is 3.53. The number of hydrogen-bond acceptors (Lipinski definition) is 1. The van der Waals surface area contributed by atoms with Gasteiger partial charge in [-0.15, -0.1) is 0 Å². The third-order valence-corrected chi connectivity index (χ3v) is 6.24. The van der Waals surface area contributed by atoms with E-state index in [2.05, 4.69) is 5.32 Å². The van der Waals surface area contributed by atoms with Crippen LogP contribution in [0.15, 0.2) is 87.5 Å². The Morgan fingerprint density at radius 2 is 1.17 bits per heavy atom. The van der Waals surface area contributed by atoms with Crippen molar-refractivity contribution in [3.8, 4) is 0 Å². The molecular weight excluding hydrogens is 331 g/mol. The third kappa shape index (κ3) is 2.55. The molecule has 0 bridgehead atoms. The predicted octanol–water partition coefficient (Wildman–Crippen LogP) is 5.86. The van der Waals surface area contributed by atoms with Gasteiger partial charge in [0.25, 0.3) is 0 Å². The molecule has 0 fully saturated rings. The maximum Gasteiger partial charge on any atom is 0.416 e. The molecule has 1 nitrogen and oxygen atoms in total. The Balaban J connectivity index is 1.86. The average Bonchev–Trinajstić information content (AvgIpc) is 2.59. The van der Waals surface area contributed by atoms with E-state index >= 15 is 0 Å². The summed E-state index contributed by atoms with van der Waals surface area (Å²) in [4.78, 5) is 3.07. The van der Waals surface area contributed by atoms with Gasteiger partial charge < -0.3 is 5.32 Å². The molecule has 0 atom stereocenters. The van der Waals surface area contributed by atoms with Crippen LogP contribution < -0.4 is 5.32 Å². The van der Waals surface area contributed by atoms with Crippen LogP contribution in [0, 0.1) is 0 Å². The summed E-state index contributed by atoms with van der Waals surface area (Å²) in [7, 11) is -0.423. The molecule has 0 unspecified atom stereocenters. The molecule has 0 aliphatic carbocycles. The van der Waals surface area contributed by atoms with Gasteiger partial charge in [0.15, 0.2) is 14.7 Å². The predicted molar refractivity (Wildman–Crippen MR) is 89.8 cm³/mol. The Morgan fingerprint density at radius 3 is 1.67 bits per heavy atom. The van der Waals surface area contributed by atoms with Crippen molar-refractivity contribution in [3.05, 3.63) is 78.4 Å². The number of halogens is 3. The maximum atomic E-state index is 12.8. The van der Waals surface area contributed by atoms with Gasteiger partial charge in [0.1, 0.15) is 10.9 Å². The van der Waals surface area contributed by atoms with E-state index in [4.69, 9.17) is 0 Å². The van der Waals surface area contributed by atoms with Gasteiger partial charge in [-0.25, -0.2) is 0 Å². The van der Waals surface area contributed by atoms with Crippen molar-refractivity contribution in [1.82, 2.24) is 0 Å². The third-order valence-electron chi connectivity index (χ3n) is 3.90. The minimum Gasteiger partial charge on any atom is -0.347 e. The summed E-state index contributed by atoms with van der Waals surface area (Å²) in [6, 6.07) is 21.4. The summed E-state index contributed by atoms with van der Waals surface area (Å²) in [5.74, 6) is 0. The van der Waals surface area contributed by atoms with Crippen LogP contribution in [0.2, 0.25) is 0 Å². The average molecular weight is 344 g/mol. The number of nitrogens with one attached hydrogen (secondary N) is 1. The highest BCUT2D eigenvalue weighted by molar-refractivity contribution is 7.97. The fourth-order valence-corrected chi connectivity index (χ4v) is 5.05. The van der Waals surface area contributed by atoms with Crippen LogP contribution >= 0.6 is 0 Å². The molecule has 3 aromatic rings. The van der Waals surface area contributed by atoms with Gasteiger partial charge in [0.05, 0.1) is 16.9 Å². The van der Waals surface area contributed by atoms with Gasteiger partial charge in [-0.3, -0.25) is 0 Å². The van der Waals surface area contributed by atoms with Crippen LogP contribution in [0.1, 0.15) is 5.56 Å². The zero-order chi connectivity index (χ0) is 16.7. The molecule has 0 amide bonds. The lowest BCUT2D eigenvalue weighted by atomic mass is 10.2. The largest absolute Gasteiger partial charge is 0.416 e. The van der Waals surface area contributed by atoms with Crippen molar-refractivity contribution >= 4 is 22.3 Å². The lowest BCUT2D eigenvalue weighted by molar-refractivity contribution is -0.137. The van der Waals surface area contributed by atoms with E-state index in [0.717, 1.165) is 38.2 Å². The Labute approximate surface area is 140 Å². The first-order valence-electron chi connectivity index (χ1n) is 7.41. The zero-order valence-corrected chi connectivity index (χ0v) is 13.3. The van der Waals surface area contributed by atoms with Crippen molar-refractivity contribution in [2.24, 2.45) is 0 Å². The molecule has 1 aliphatic heterocycles. The lowest BCUT2D eigenvalue weighted by Crippen LogP contribution is -2.15. The highest BCUT2D eigenvalue weighted by Gasteiger charge is 2.38. The first kappa shape index (κ1) is 15.1. The van der Waals surface area contributed by atoms with Crippen LogP contribution in [0.3, 0.4) is 0 Å². The van der Waals surface area contributed by atoms with Crippen molar-refractivity contribution < 1.29 is 13.2 Å². The van der Waals surface area contributed by atoms with E-state index in [9.17, 15) is 13.2 Å². The van der Waals surface area contributed by atoms with Crippen LogP contribution in [-0.4, -0.2) is 0 Å². The summed E-state index contributed by atoms with van der Waals surface area (Å²) in [6.45, 7) is 0. The minimum atomic E-state index is -4.31. The number of hydrogen-bond donors (Lipinski definition) is 1. The number of fused-ring (bicyclic) bond motifs is 2. The van der Waals surface area contributed by atoms with E-state index < -0.39 is 22.6 Å². The molecule has 4 rings (SSSR count). The minimum absolute atomic E-state index is 0.423. The van der Waals surface area contributed by atoms with Crippen molar-refractivity contribution in [3.63, 3.8) is 0 Å². The number of anilines is 2. The Hall–Kier alpha value is -2.40. The first-order valence-corrected chi connectivity index (χ1v) is 8.63. The molecule has 1 N–H and O–H groups in total. The van der Waals surface area contributed by atoms with E-state index in [0.29, 0.717) is 0 Å². The molecule has 0 aromatic heterocycles. The zero-order valence-electron chi connectivity index (χ0n) is 12.5. The molecular formula is C19H13F3NS+. The van der Waals surface area contributed by atoms with Crippen LogP contribution in [0.5, 0.6) is 0 Å². The van der Waals surface area contributed by atoms with Gasteiger partial charge in [-0.1, -0.05) is 24.3 Å². The van der Waals surface area contributed by atoms with E-state index in [-0.39, 0.29) is 0 Å². The second kappa shape index (κ2) is 5.60. The summed E-state index contributed by atoms with van der Waals surface area (Å²) in [6.07, 6.45) is -4.31. The van der Waals surface area contributed by atoms with Gasteiger partial charge in [-0.2, -0.15) is 13.2 Å². The monoisotopic (exact) mass is 344 g/mol. The fourth-order valence-electron chi connectivity index (χ4n) is 2.79. The van der Waals surface area contributed by atoms with Gasteiger partial charge in [0.2, 0.25) is 0 Å². The van der Waals surface area contributed by atoms with Gasteiger partial charge in [0, 0.05) is 0 Å². The molecule has 5 heteroatoms. The number of benzene rings is 3. The molecule has 120 valence electrons. The van der Waals surface area contributed by atoms with Gasteiger partial charge in [-0.05, 0) is 48.5 Å². The van der Waals surface area contributed by atoms with Crippen molar-refractivity contribution in [2.45, 2.75) is 20.9 Å². The topological polar surface area (TPSA) is 12.0 Å². The summed E-state index contributed by atoms with van der Waals surface area (Å²) < 4.78 is 38.5. The molecule has 0 radical (unpaired) electrons. The highest BCUT2D eigenvalue weighted by Crippen LogP contribution is 2.44. The Bertz CT molecular complexity index is 842. The van der Waals surface area contributed by atoms with Crippen LogP contribution in [0.25, 0.3) is 0 Å². The number of para-hydroxylation sites is 2. The molecule has 0 saturated heterocycles. The van der Waals surface area contributed by atoms with Crippen LogP contribution in [0.4, 0.5) is 24.5 Å². The molecule has 1 aliphatic rings. The van der Waals surface area contributed by atoms with E-state index in [1.165, 1.54) is 0 Å². The van der Waals surface area contributed by atoms with Gasteiger partial charge >= 0.3 is 6.18 Å².